The highest BCUT2D eigenvalue weighted by Gasteiger charge is 2.41. The lowest BCUT2D eigenvalue weighted by Crippen LogP contribution is -2.51. The van der Waals surface area contributed by atoms with Gasteiger partial charge in [0.15, 0.2) is 0 Å². The summed E-state index contributed by atoms with van der Waals surface area (Å²) in [6.45, 7) is 0.987. The van der Waals surface area contributed by atoms with Crippen molar-refractivity contribution >= 4 is 33.2 Å². The molecule has 10 heteroatoms. The van der Waals surface area contributed by atoms with Crippen molar-refractivity contribution < 1.29 is 4.74 Å². The monoisotopic (exact) mass is 392 g/mol. The predicted molar refractivity (Wildman–Crippen MR) is 104 cm³/mol. The number of nitrogens with one attached hydrogen (secondary N) is 1. The maximum atomic E-state index is 9.16. The minimum atomic E-state index is -0.384. The summed E-state index contributed by atoms with van der Waals surface area (Å²) in [5.41, 5.74) is 3.00. The van der Waals surface area contributed by atoms with E-state index in [-0.39, 0.29) is 5.54 Å². The molecule has 4 aromatic heterocycles. The molecule has 5 rings (SSSR count). The zero-order valence-electron chi connectivity index (χ0n) is 15.0. The smallest absolute Gasteiger partial charge is 0.228 e. The van der Waals surface area contributed by atoms with E-state index in [0.29, 0.717) is 25.6 Å². The van der Waals surface area contributed by atoms with Crippen LogP contribution in [0.1, 0.15) is 6.42 Å². The van der Waals surface area contributed by atoms with E-state index in [1.54, 1.807) is 28.4 Å². The van der Waals surface area contributed by atoms with Crippen molar-refractivity contribution in [2.24, 2.45) is 7.05 Å². The topological polar surface area (TPSA) is 106 Å². The van der Waals surface area contributed by atoms with Crippen LogP contribution in [0.2, 0.25) is 0 Å². The second-order valence-corrected chi connectivity index (χ2v) is 7.70. The Kier molecular flexibility index (Phi) is 3.85. The number of rotatable bonds is 5. The molecule has 1 aliphatic rings. The van der Waals surface area contributed by atoms with Crippen molar-refractivity contribution in [2.75, 3.05) is 18.5 Å². The van der Waals surface area contributed by atoms with Crippen LogP contribution < -0.4 is 5.32 Å². The van der Waals surface area contributed by atoms with Crippen molar-refractivity contribution in [1.82, 2.24) is 29.5 Å². The molecular formula is C18H16N8OS. The van der Waals surface area contributed by atoms with Crippen molar-refractivity contribution in [2.45, 2.75) is 12.0 Å². The maximum Gasteiger partial charge on any atom is 0.228 e. The number of aryl methyl sites for hydroxylation is 1. The van der Waals surface area contributed by atoms with Gasteiger partial charge in [0.25, 0.3) is 0 Å². The molecule has 0 spiro atoms. The number of hydrogen-bond donors (Lipinski definition) is 1. The summed E-state index contributed by atoms with van der Waals surface area (Å²) in [6.07, 6.45) is 7.67. The summed E-state index contributed by atoms with van der Waals surface area (Å²) < 4.78 is 9.90. The lowest BCUT2D eigenvalue weighted by atomic mass is 9.94. The third-order valence-corrected chi connectivity index (χ3v) is 5.67. The molecule has 0 aliphatic carbocycles. The molecule has 28 heavy (non-hydrogen) atoms. The fourth-order valence-electron chi connectivity index (χ4n) is 3.23. The zero-order valence-corrected chi connectivity index (χ0v) is 15.8. The van der Waals surface area contributed by atoms with Crippen LogP contribution in [0.3, 0.4) is 0 Å². The van der Waals surface area contributed by atoms with Crippen LogP contribution in [-0.4, -0.2) is 42.7 Å². The first-order valence-corrected chi connectivity index (χ1v) is 9.56. The fraction of sp³-hybridized carbons (Fsp3) is 0.278. The maximum absolute atomic E-state index is 9.16. The molecule has 9 nitrogen and oxygen atoms in total. The summed E-state index contributed by atoms with van der Waals surface area (Å²) in [4.78, 5) is 9.33. The van der Waals surface area contributed by atoms with E-state index in [4.69, 9.17) is 15.0 Å². The van der Waals surface area contributed by atoms with E-state index in [2.05, 4.69) is 26.6 Å². The number of nitriles is 1. The minimum absolute atomic E-state index is 0.361. The molecule has 0 amide bonds. The van der Waals surface area contributed by atoms with Crippen molar-refractivity contribution in [3.63, 3.8) is 0 Å². The van der Waals surface area contributed by atoms with E-state index >= 15 is 0 Å². The second-order valence-electron chi connectivity index (χ2n) is 6.78. The molecule has 0 bridgehead atoms. The Hall–Kier alpha value is -3.29. The molecule has 0 saturated carbocycles. The van der Waals surface area contributed by atoms with Crippen LogP contribution in [-0.2, 0) is 17.3 Å². The van der Waals surface area contributed by atoms with Gasteiger partial charge >= 0.3 is 0 Å². The highest BCUT2D eigenvalue weighted by atomic mass is 32.1. The Morgan fingerprint density at radius 3 is 2.89 bits per heavy atom. The lowest BCUT2D eigenvalue weighted by Gasteiger charge is -2.39. The normalized spacial score (nSPS) is 15.3. The summed E-state index contributed by atoms with van der Waals surface area (Å²) in [7, 11) is 1.86. The van der Waals surface area contributed by atoms with Gasteiger partial charge in [-0.05, 0) is 11.4 Å². The number of hydrogen-bond acceptors (Lipinski definition) is 8. The average Bonchev–Trinajstić information content (AvgIpc) is 3.38. The van der Waals surface area contributed by atoms with Gasteiger partial charge in [-0.2, -0.15) is 15.5 Å². The average molecular weight is 392 g/mol. The van der Waals surface area contributed by atoms with Crippen LogP contribution in [0.25, 0.3) is 21.5 Å². The van der Waals surface area contributed by atoms with Crippen LogP contribution in [0.5, 0.6) is 0 Å². The van der Waals surface area contributed by atoms with E-state index in [1.165, 1.54) is 0 Å². The Morgan fingerprint density at radius 1 is 1.29 bits per heavy atom. The Labute approximate surface area is 164 Å². The second kappa shape index (κ2) is 6.40. The molecular weight excluding hydrogens is 376 g/mol. The molecule has 1 fully saturated rings. The zero-order chi connectivity index (χ0) is 19.1. The quantitative estimate of drug-likeness (QED) is 0.556. The van der Waals surface area contributed by atoms with Crippen LogP contribution in [0.4, 0.5) is 11.6 Å². The van der Waals surface area contributed by atoms with E-state index < -0.39 is 0 Å². The summed E-state index contributed by atoms with van der Waals surface area (Å²) in [5, 5.41) is 23.0. The molecule has 0 radical (unpaired) electrons. The molecule has 1 aliphatic heterocycles. The van der Waals surface area contributed by atoms with Crippen molar-refractivity contribution in [1.29, 1.82) is 5.26 Å². The van der Waals surface area contributed by atoms with Gasteiger partial charge in [0.2, 0.25) is 5.95 Å². The van der Waals surface area contributed by atoms with Crippen molar-refractivity contribution in [3.05, 3.63) is 36.2 Å². The number of anilines is 2. The third-order valence-electron chi connectivity index (χ3n) is 4.76. The molecule has 0 atom stereocenters. The minimum Gasteiger partial charge on any atom is -0.376 e. The van der Waals surface area contributed by atoms with Crippen LogP contribution >= 0.6 is 11.3 Å². The first-order chi connectivity index (χ1) is 13.7. The van der Waals surface area contributed by atoms with Crippen LogP contribution in [0, 0.1) is 11.3 Å². The Balaban J connectivity index is 1.55. The standard InChI is InChI=1S/C18H16N8OS/c1-25-9-13(7-20-25)22-17-23-14-2-5-28-16(14)15(24-17)12-6-21-26(8-12)18(3-4-19)10-27-11-18/h2,5-9H,3,10-11H2,1H3,(H,22,23,24). The van der Waals surface area contributed by atoms with Gasteiger partial charge in [0.1, 0.15) is 5.54 Å². The summed E-state index contributed by atoms with van der Waals surface area (Å²) in [6, 6.07) is 4.21. The number of aromatic nitrogens is 6. The molecule has 140 valence electrons. The number of ether oxygens (including phenoxy) is 1. The van der Waals surface area contributed by atoms with Gasteiger partial charge in [-0.3, -0.25) is 9.36 Å². The highest BCUT2D eigenvalue weighted by molar-refractivity contribution is 7.17. The number of nitrogens with zero attached hydrogens (tertiary/aromatic N) is 7. The van der Waals surface area contributed by atoms with Gasteiger partial charge in [-0.15, -0.1) is 11.3 Å². The molecule has 1 N–H and O–H groups in total. The van der Waals surface area contributed by atoms with Gasteiger partial charge in [0, 0.05) is 25.0 Å². The van der Waals surface area contributed by atoms with Gasteiger partial charge in [-0.1, -0.05) is 0 Å². The van der Waals surface area contributed by atoms with E-state index in [0.717, 1.165) is 27.2 Å². The van der Waals surface area contributed by atoms with Gasteiger partial charge in [0.05, 0.1) is 59.7 Å². The van der Waals surface area contributed by atoms with Gasteiger partial charge in [-0.25, -0.2) is 9.97 Å². The number of fused-ring (bicyclic) bond motifs is 1. The van der Waals surface area contributed by atoms with Gasteiger partial charge < -0.3 is 10.1 Å². The molecule has 5 heterocycles. The summed E-state index contributed by atoms with van der Waals surface area (Å²) in [5.74, 6) is 0.500. The largest absolute Gasteiger partial charge is 0.376 e. The SMILES string of the molecule is Cn1cc(Nc2nc(-c3cnn(C4(CC#N)COC4)c3)c3sccc3n2)cn1. The van der Waals surface area contributed by atoms with Crippen molar-refractivity contribution in [3.8, 4) is 17.3 Å². The lowest BCUT2D eigenvalue weighted by molar-refractivity contribution is -0.104. The highest BCUT2D eigenvalue weighted by Crippen LogP contribution is 2.34. The first-order valence-electron chi connectivity index (χ1n) is 8.68. The van der Waals surface area contributed by atoms with Crippen LogP contribution in [0.15, 0.2) is 36.2 Å². The molecule has 0 unspecified atom stereocenters. The number of thiophene rings is 1. The molecule has 0 aromatic carbocycles. The Morgan fingerprint density at radius 2 is 2.18 bits per heavy atom. The van der Waals surface area contributed by atoms with E-state index in [1.807, 2.05) is 35.6 Å². The first kappa shape index (κ1) is 16.9. The third kappa shape index (κ3) is 2.72. The summed E-state index contributed by atoms with van der Waals surface area (Å²) >= 11 is 1.59. The fourth-order valence-corrected chi connectivity index (χ4v) is 4.08. The molecule has 1 saturated heterocycles. The van der Waals surface area contributed by atoms with E-state index in [9.17, 15) is 0 Å². The molecule has 4 aromatic rings. The predicted octanol–water partition coefficient (Wildman–Crippen LogP) is 2.67. The Bertz CT molecular complexity index is 1200.